The SMILES string of the molecule is Cc1ccc2c(c1O)N=CC2COC=O. The second-order valence-corrected chi connectivity index (χ2v) is 3.48. The van der Waals surface area contributed by atoms with E-state index in [0.717, 1.165) is 11.1 Å². The first kappa shape index (κ1) is 9.71. The summed E-state index contributed by atoms with van der Waals surface area (Å²) in [5.41, 5.74) is 2.29. The fourth-order valence-corrected chi connectivity index (χ4v) is 1.65. The average molecular weight is 205 g/mol. The molecule has 1 aromatic rings. The quantitative estimate of drug-likeness (QED) is 0.763. The Morgan fingerprint density at radius 2 is 2.40 bits per heavy atom. The summed E-state index contributed by atoms with van der Waals surface area (Å²) in [5, 5.41) is 9.74. The number of benzene rings is 1. The smallest absolute Gasteiger partial charge is 0.293 e. The molecule has 1 aliphatic rings. The number of fused-ring (bicyclic) bond motifs is 1. The van der Waals surface area contributed by atoms with Crippen LogP contribution in [0.3, 0.4) is 0 Å². The summed E-state index contributed by atoms with van der Waals surface area (Å²) in [6.45, 7) is 2.50. The van der Waals surface area contributed by atoms with Gasteiger partial charge in [0.2, 0.25) is 0 Å². The first-order chi connectivity index (χ1) is 7.24. The Kier molecular flexibility index (Phi) is 2.41. The van der Waals surface area contributed by atoms with Crippen molar-refractivity contribution in [2.45, 2.75) is 12.8 Å². The molecule has 0 saturated heterocycles. The van der Waals surface area contributed by atoms with Crippen molar-refractivity contribution in [3.63, 3.8) is 0 Å². The number of phenols is 1. The van der Waals surface area contributed by atoms with Crippen molar-refractivity contribution >= 4 is 18.4 Å². The van der Waals surface area contributed by atoms with E-state index in [1.54, 1.807) is 6.21 Å². The van der Waals surface area contributed by atoms with Crippen LogP contribution in [0.25, 0.3) is 0 Å². The van der Waals surface area contributed by atoms with Gasteiger partial charge in [-0.15, -0.1) is 0 Å². The highest BCUT2D eigenvalue weighted by molar-refractivity contribution is 5.84. The molecule has 1 aromatic carbocycles. The minimum absolute atomic E-state index is 0.0447. The van der Waals surface area contributed by atoms with Crippen molar-refractivity contribution in [1.29, 1.82) is 0 Å². The molecular formula is C11H11NO3. The lowest BCUT2D eigenvalue weighted by Crippen LogP contribution is -2.05. The van der Waals surface area contributed by atoms with E-state index < -0.39 is 0 Å². The number of hydrogen-bond donors (Lipinski definition) is 1. The first-order valence-corrected chi connectivity index (χ1v) is 4.66. The van der Waals surface area contributed by atoms with E-state index in [4.69, 9.17) is 4.74 Å². The van der Waals surface area contributed by atoms with Gasteiger partial charge >= 0.3 is 0 Å². The third-order valence-electron chi connectivity index (χ3n) is 2.51. The van der Waals surface area contributed by atoms with E-state index in [2.05, 4.69) is 4.99 Å². The molecule has 1 N–H and O–H groups in total. The number of aliphatic imine (C=N–C) groups is 1. The standard InChI is InChI=1S/C11H11NO3/c1-7-2-3-9-8(5-15-6-13)4-12-10(9)11(7)14/h2-4,6,8,14H,5H2,1H3. The highest BCUT2D eigenvalue weighted by atomic mass is 16.5. The summed E-state index contributed by atoms with van der Waals surface area (Å²) in [7, 11) is 0. The lowest BCUT2D eigenvalue weighted by Gasteiger charge is -2.09. The zero-order valence-corrected chi connectivity index (χ0v) is 8.30. The molecule has 15 heavy (non-hydrogen) atoms. The molecule has 0 aromatic heterocycles. The zero-order chi connectivity index (χ0) is 10.8. The molecule has 0 saturated carbocycles. The normalized spacial score (nSPS) is 17.5. The van der Waals surface area contributed by atoms with Crippen LogP contribution in [0.15, 0.2) is 17.1 Å². The van der Waals surface area contributed by atoms with Gasteiger partial charge in [0.1, 0.15) is 18.0 Å². The monoisotopic (exact) mass is 205 g/mol. The molecule has 0 amide bonds. The number of aryl methyl sites for hydroxylation is 1. The van der Waals surface area contributed by atoms with Crippen LogP contribution in [0.1, 0.15) is 17.0 Å². The van der Waals surface area contributed by atoms with Crippen molar-refractivity contribution < 1.29 is 14.6 Å². The average Bonchev–Trinajstić information content (AvgIpc) is 2.64. The number of carbonyl (C=O) groups is 1. The molecule has 0 aliphatic carbocycles. The van der Waals surface area contributed by atoms with Gasteiger partial charge < -0.3 is 9.84 Å². The van der Waals surface area contributed by atoms with Crippen molar-refractivity contribution in [1.82, 2.24) is 0 Å². The molecule has 4 heteroatoms. The number of phenolic OH excluding ortho intramolecular Hbond substituents is 1. The summed E-state index contributed by atoms with van der Waals surface area (Å²) in [6, 6.07) is 3.73. The van der Waals surface area contributed by atoms with Crippen LogP contribution in [-0.4, -0.2) is 24.4 Å². The van der Waals surface area contributed by atoms with Crippen molar-refractivity contribution in [2.24, 2.45) is 4.99 Å². The molecule has 1 unspecified atom stereocenters. The number of hydrogen-bond acceptors (Lipinski definition) is 4. The van der Waals surface area contributed by atoms with Gasteiger partial charge in [-0.3, -0.25) is 9.79 Å². The molecule has 4 nitrogen and oxygen atoms in total. The van der Waals surface area contributed by atoms with Gasteiger partial charge in [-0.25, -0.2) is 0 Å². The number of nitrogens with zero attached hydrogens (tertiary/aromatic N) is 1. The second kappa shape index (κ2) is 3.73. The number of ether oxygens (including phenoxy) is 1. The lowest BCUT2D eigenvalue weighted by molar-refractivity contribution is -0.128. The number of rotatable bonds is 3. The first-order valence-electron chi connectivity index (χ1n) is 4.66. The van der Waals surface area contributed by atoms with Crippen LogP contribution >= 0.6 is 0 Å². The van der Waals surface area contributed by atoms with Gasteiger partial charge in [0.25, 0.3) is 6.47 Å². The van der Waals surface area contributed by atoms with E-state index in [0.29, 0.717) is 12.2 Å². The highest BCUT2D eigenvalue weighted by Crippen LogP contribution is 2.40. The predicted octanol–water partition coefficient (Wildman–Crippen LogP) is 1.67. The van der Waals surface area contributed by atoms with Gasteiger partial charge in [-0.1, -0.05) is 12.1 Å². The highest BCUT2D eigenvalue weighted by Gasteiger charge is 2.22. The molecule has 1 atom stereocenters. The summed E-state index contributed by atoms with van der Waals surface area (Å²) in [5.74, 6) is 0.161. The van der Waals surface area contributed by atoms with Crippen molar-refractivity contribution in [3.8, 4) is 5.75 Å². The lowest BCUT2D eigenvalue weighted by atomic mass is 10.00. The van der Waals surface area contributed by atoms with Crippen LogP contribution in [0.4, 0.5) is 5.69 Å². The van der Waals surface area contributed by atoms with Crippen molar-refractivity contribution in [2.75, 3.05) is 6.61 Å². The topological polar surface area (TPSA) is 58.9 Å². The Morgan fingerprint density at radius 3 is 3.13 bits per heavy atom. The number of aromatic hydroxyl groups is 1. The minimum atomic E-state index is -0.0447. The molecule has 0 radical (unpaired) electrons. The number of carbonyl (C=O) groups excluding carboxylic acids is 1. The minimum Gasteiger partial charge on any atom is -0.505 e. The fourth-order valence-electron chi connectivity index (χ4n) is 1.65. The predicted molar refractivity (Wildman–Crippen MR) is 55.8 cm³/mol. The van der Waals surface area contributed by atoms with Crippen LogP contribution in [0.5, 0.6) is 5.75 Å². The molecular weight excluding hydrogens is 194 g/mol. The van der Waals surface area contributed by atoms with Gasteiger partial charge in [0.05, 0.1) is 5.92 Å². The summed E-state index contributed by atoms with van der Waals surface area (Å²) < 4.78 is 4.69. The van der Waals surface area contributed by atoms with Crippen LogP contribution in [0, 0.1) is 6.92 Å². The Morgan fingerprint density at radius 1 is 1.60 bits per heavy atom. The molecule has 0 bridgehead atoms. The summed E-state index contributed by atoms with van der Waals surface area (Å²) in [6.07, 6.45) is 1.69. The Bertz CT molecular complexity index is 426. The zero-order valence-electron chi connectivity index (χ0n) is 8.30. The maximum atomic E-state index is 10.1. The molecule has 0 spiro atoms. The van der Waals surface area contributed by atoms with Gasteiger partial charge in [-0.2, -0.15) is 0 Å². The second-order valence-electron chi connectivity index (χ2n) is 3.48. The molecule has 0 fully saturated rings. The van der Waals surface area contributed by atoms with Crippen molar-refractivity contribution in [3.05, 3.63) is 23.3 Å². The molecule has 1 aliphatic heterocycles. The van der Waals surface area contributed by atoms with E-state index in [1.165, 1.54) is 0 Å². The third kappa shape index (κ3) is 1.58. The largest absolute Gasteiger partial charge is 0.505 e. The van der Waals surface area contributed by atoms with Crippen LogP contribution < -0.4 is 0 Å². The van der Waals surface area contributed by atoms with E-state index >= 15 is 0 Å². The van der Waals surface area contributed by atoms with Gasteiger partial charge in [0.15, 0.2) is 0 Å². The third-order valence-corrected chi connectivity index (χ3v) is 2.51. The summed E-state index contributed by atoms with van der Waals surface area (Å²) >= 11 is 0. The van der Waals surface area contributed by atoms with E-state index in [-0.39, 0.29) is 18.3 Å². The van der Waals surface area contributed by atoms with Gasteiger partial charge in [-0.05, 0) is 18.1 Å². The molecule has 78 valence electrons. The van der Waals surface area contributed by atoms with Crippen LogP contribution in [0.2, 0.25) is 0 Å². The Hall–Kier alpha value is -1.84. The maximum absolute atomic E-state index is 10.1. The van der Waals surface area contributed by atoms with Crippen LogP contribution in [-0.2, 0) is 9.53 Å². The Balaban J connectivity index is 2.32. The fraction of sp³-hybridized carbons (Fsp3) is 0.273. The maximum Gasteiger partial charge on any atom is 0.293 e. The Labute approximate surface area is 87.2 Å². The summed E-state index contributed by atoms with van der Waals surface area (Å²) in [4.78, 5) is 14.2. The van der Waals surface area contributed by atoms with E-state index in [1.807, 2.05) is 19.1 Å². The molecule has 1 heterocycles. The van der Waals surface area contributed by atoms with Gasteiger partial charge in [0, 0.05) is 6.21 Å². The molecule has 2 rings (SSSR count). The van der Waals surface area contributed by atoms with E-state index in [9.17, 15) is 9.90 Å².